The average Bonchev–Trinajstić information content (AvgIpc) is 2.89. The Kier molecular flexibility index (Phi) is 4.01. The minimum Gasteiger partial charge on any atom is -0.325 e. The second-order valence-electron chi connectivity index (χ2n) is 3.71. The van der Waals surface area contributed by atoms with Gasteiger partial charge in [-0.05, 0) is 12.1 Å². The lowest BCUT2D eigenvalue weighted by atomic mass is 10.2. The summed E-state index contributed by atoms with van der Waals surface area (Å²) in [6, 6.07) is 3.10. The van der Waals surface area contributed by atoms with Gasteiger partial charge in [0.1, 0.15) is 10.7 Å². The van der Waals surface area contributed by atoms with Crippen molar-refractivity contribution in [3.63, 3.8) is 0 Å². The molecule has 0 aliphatic carbocycles. The molecule has 0 spiro atoms. The van der Waals surface area contributed by atoms with E-state index in [-0.39, 0.29) is 17.9 Å². The molecule has 2 aromatic rings. The topological polar surface area (TPSA) is 111 Å². The summed E-state index contributed by atoms with van der Waals surface area (Å²) >= 11 is 1.23. The summed E-state index contributed by atoms with van der Waals surface area (Å²) in [7, 11) is 0. The summed E-state index contributed by atoms with van der Waals surface area (Å²) in [5, 5.41) is 15.1. The predicted molar refractivity (Wildman–Crippen MR) is 71.0 cm³/mol. The third kappa shape index (κ3) is 2.95. The summed E-state index contributed by atoms with van der Waals surface area (Å²) in [6.45, 7) is 0.222. The fourth-order valence-corrected chi connectivity index (χ4v) is 2.09. The van der Waals surface area contributed by atoms with E-state index < -0.39 is 22.3 Å². The van der Waals surface area contributed by atoms with Gasteiger partial charge in [0.05, 0.1) is 4.92 Å². The van der Waals surface area contributed by atoms with Gasteiger partial charge in [0.2, 0.25) is 5.82 Å². The van der Waals surface area contributed by atoms with Crippen molar-refractivity contribution in [1.29, 1.82) is 0 Å². The molecule has 0 fully saturated rings. The molecule has 1 aromatic heterocycles. The minimum absolute atomic E-state index is 0.116. The van der Waals surface area contributed by atoms with Crippen LogP contribution in [0.2, 0.25) is 0 Å². The fraction of sp³-hybridized carbons (Fsp3) is 0.0909. The number of benzene rings is 1. The van der Waals surface area contributed by atoms with E-state index in [0.717, 1.165) is 12.1 Å². The highest BCUT2D eigenvalue weighted by atomic mass is 32.1. The lowest BCUT2D eigenvalue weighted by Gasteiger charge is -2.03. The molecule has 0 aliphatic rings. The van der Waals surface area contributed by atoms with E-state index in [9.17, 15) is 19.3 Å². The highest BCUT2D eigenvalue weighted by Gasteiger charge is 2.16. The van der Waals surface area contributed by atoms with E-state index >= 15 is 0 Å². The molecule has 7 nitrogen and oxygen atoms in total. The zero-order valence-electron chi connectivity index (χ0n) is 10.00. The Morgan fingerprint density at radius 1 is 1.55 bits per heavy atom. The quantitative estimate of drug-likeness (QED) is 0.661. The highest BCUT2D eigenvalue weighted by molar-refractivity contribution is 7.09. The van der Waals surface area contributed by atoms with Crippen LogP contribution in [0.1, 0.15) is 15.5 Å². The van der Waals surface area contributed by atoms with Crippen LogP contribution in [0.25, 0.3) is 0 Å². The molecule has 0 atom stereocenters. The molecule has 3 N–H and O–H groups in total. The maximum Gasteiger partial charge on any atom is 0.306 e. The van der Waals surface area contributed by atoms with Gasteiger partial charge in [0.25, 0.3) is 5.91 Å². The molecule has 0 saturated heterocycles. The normalized spacial score (nSPS) is 10.3. The van der Waals surface area contributed by atoms with Crippen molar-refractivity contribution in [3.05, 3.63) is 50.2 Å². The van der Waals surface area contributed by atoms with Crippen molar-refractivity contribution in [2.45, 2.75) is 6.54 Å². The highest BCUT2D eigenvalue weighted by Crippen LogP contribution is 2.22. The lowest BCUT2D eigenvalue weighted by Crippen LogP contribution is -2.13. The van der Waals surface area contributed by atoms with Gasteiger partial charge in [-0.15, -0.1) is 11.3 Å². The maximum atomic E-state index is 13.2. The molecular formula is C11H9FN4O3S. The van der Waals surface area contributed by atoms with E-state index in [1.807, 2.05) is 0 Å². The number of anilines is 1. The molecule has 9 heteroatoms. The molecule has 0 unspecified atom stereocenters. The van der Waals surface area contributed by atoms with Crippen LogP contribution in [0.5, 0.6) is 0 Å². The van der Waals surface area contributed by atoms with Gasteiger partial charge < -0.3 is 11.1 Å². The molecule has 0 saturated carbocycles. The molecule has 1 aromatic carbocycles. The van der Waals surface area contributed by atoms with Crippen LogP contribution < -0.4 is 11.1 Å². The van der Waals surface area contributed by atoms with Gasteiger partial charge in [0, 0.05) is 23.7 Å². The monoisotopic (exact) mass is 296 g/mol. The van der Waals surface area contributed by atoms with Gasteiger partial charge in [-0.1, -0.05) is 0 Å². The van der Waals surface area contributed by atoms with Crippen LogP contribution >= 0.6 is 11.3 Å². The third-order valence-electron chi connectivity index (χ3n) is 2.36. The van der Waals surface area contributed by atoms with Crippen molar-refractivity contribution in [2.24, 2.45) is 5.73 Å². The number of nitrogens with one attached hydrogen (secondary N) is 1. The largest absolute Gasteiger partial charge is 0.325 e. The number of halogens is 1. The van der Waals surface area contributed by atoms with Crippen LogP contribution in [-0.2, 0) is 6.54 Å². The van der Waals surface area contributed by atoms with Crippen molar-refractivity contribution in [1.82, 2.24) is 4.98 Å². The Hall–Kier alpha value is -2.39. The van der Waals surface area contributed by atoms with Gasteiger partial charge in [-0.2, -0.15) is 4.39 Å². The number of amides is 1. The first-order valence-corrected chi connectivity index (χ1v) is 6.29. The van der Waals surface area contributed by atoms with Crippen LogP contribution in [0.15, 0.2) is 23.6 Å². The molecule has 0 aliphatic heterocycles. The standard InChI is InChI=1S/C11H9FN4O3S/c12-7-2-1-6(3-9(7)16(18)19)14-11(17)8-5-20-10(4-13)15-8/h1-3,5H,4,13H2,(H,14,17). The maximum absolute atomic E-state index is 13.2. The number of carbonyl (C=O) groups excluding carboxylic acids is 1. The summed E-state index contributed by atoms with van der Waals surface area (Å²) in [5.41, 5.74) is 4.95. The number of hydrogen-bond donors (Lipinski definition) is 2. The van der Waals surface area contributed by atoms with Crippen molar-refractivity contribution >= 4 is 28.6 Å². The number of rotatable bonds is 4. The van der Waals surface area contributed by atoms with Gasteiger partial charge in [-0.3, -0.25) is 14.9 Å². The number of thiazole rings is 1. The number of hydrogen-bond acceptors (Lipinski definition) is 6. The van der Waals surface area contributed by atoms with E-state index in [1.165, 1.54) is 22.8 Å². The van der Waals surface area contributed by atoms with Gasteiger partial charge >= 0.3 is 5.69 Å². The Balaban J connectivity index is 2.19. The number of nitro benzene ring substituents is 1. The number of nitrogens with zero attached hydrogens (tertiary/aromatic N) is 2. The molecule has 0 bridgehead atoms. The van der Waals surface area contributed by atoms with Crippen LogP contribution in [0.3, 0.4) is 0 Å². The first kappa shape index (κ1) is 14.0. The van der Waals surface area contributed by atoms with Crippen molar-refractivity contribution in [3.8, 4) is 0 Å². The first-order chi connectivity index (χ1) is 9.51. The molecule has 0 radical (unpaired) electrons. The van der Waals surface area contributed by atoms with Crippen LogP contribution in [-0.4, -0.2) is 15.8 Å². The summed E-state index contributed by atoms with van der Waals surface area (Å²) in [6.07, 6.45) is 0. The van der Waals surface area contributed by atoms with Crippen molar-refractivity contribution in [2.75, 3.05) is 5.32 Å². The van der Waals surface area contributed by atoms with Gasteiger partial charge in [-0.25, -0.2) is 4.98 Å². The number of aromatic nitrogens is 1. The zero-order valence-corrected chi connectivity index (χ0v) is 10.8. The Labute approximate surface area is 116 Å². The molecular weight excluding hydrogens is 287 g/mol. The molecule has 20 heavy (non-hydrogen) atoms. The molecule has 2 rings (SSSR count). The first-order valence-electron chi connectivity index (χ1n) is 5.41. The Bertz CT molecular complexity index is 673. The second-order valence-corrected chi connectivity index (χ2v) is 4.65. The number of carbonyl (C=O) groups is 1. The molecule has 1 heterocycles. The average molecular weight is 296 g/mol. The van der Waals surface area contributed by atoms with E-state index in [4.69, 9.17) is 5.73 Å². The SMILES string of the molecule is NCc1nc(C(=O)Nc2ccc(F)c([N+](=O)[O-])c2)cs1. The van der Waals surface area contributed by atoms with Crippen LogP contribution in [0.4, 0.5) is 15.8 Å². The van der Waals surface area contributed by atoms with E-state index in [1.54, 1.807) is 0 Å². The van der Waals surface area contributed by atoms with E-state index in [0.29, 0.717) is 5.01 Å². The van der Waals surface area contributed by atoms with E-state index in [2.05, 4.69) is 10.3 Å². The Morgan fingerprint density at radius 2 is 2.30 bits per heavy atom. The van der Waals surface area contributed by atoms with Crippen molar-refractivity contribution < 1.29 is 14.1 Å². The molecule has 1 amide bonds. The summed E-state index contributed by atoms with van der Waals surface area (Å²) < 4.78 is 13.2. The third-order valence-corrected chi connectivity index (χ3v) is 3.23. The lowest BCUT2D eigenvalue weighted by molar-refractivity contribution is -0.387. The van der Waals surface area contributed by atoms with Gasteiger partial charge in [0.15, 0.2) is 0 Å². The minimum atomic E-state index is -0.966. The predicted octanol–water partition coefficient (Wildman–Crippen LogP) is 1.90. The Morgan fingerprint density at radius 3 is 2.90 bits per heavy atom. The van der Waals surface area contributed by atoms with Crippen LogP contribution in [0, 0.1) is 15.9 Å². The molecule has 104 valence electrons. The number of nitro groups is 1. The smallest absolute Gasteiger partial charge is 0.306 e. The summed E-state index contributed by atoms with van der Waals surface area (Å²) in [4.78, 5) is 25.6. The fourth-order valence-electron chi connectivity index (χ4n) is 1.43. The number of nitrogens with two attached hydrogens (primary N) is 1. The second kappa shape index (κ2) is 5.72. The zero-order chi connectivity index (χ0) is 14.7. The summed E-state index contributed by atoms with van der Waals surface area (Å²) in [5.74, 6) is -1.51.